The lowest BCUT2D eigenvalue weighted by molar-refractivity contribution is 0.633. The van der Waals surface area contributed by atoms with E-state index in [0.29, 0.717) is 15.8 Å². The minimum Gasteiger partial charge on any atom is -0.369 e. The Bertz CT molecular complexity index is 417. The number of nitrogens with zero attached hydrogens (tertiary/aromatic N) is 2. The summed E-state index contributed by atoms with van der Waals surface area (Å²) in [6.45, 7) is 7.39. The highest BCUT2D eigenvalue weighted by molar-refractivity contribution is 8.00. The molecule has 0 aliphatic carbocycles. The summed E-state index contributed by atoms with van der Waals surface area (Å²) in [6, 6.07) is 1.80. The summed E-state index contributed by atoms with van der Waals surface area (Å²) in [4.78, 5) is 8.75. The van der Waals surface area contributed by atoms with Crippen LogP contribution in [-0.2, 0) is 0 Å². The van der Waals surface area contributed by atoms with E-state index in [-0.39, 0.29) is 0 Å². The summed E-state index contributed by atoms with van der Waals surface area (Å²) in [7, 11) is 0. The molecule has 1 aliphatic rings. The highest BCUT2D eigenvalue weighted by atomic mass is 35.5. The number of thioether (sulfide) groups is 1. The van der Waals surface area contributed by atoms with Crippen LogP contribution in [-0.4, -0.2) is 27.0 Å². The van der Waals surface area contributed by atoms with E-state index in [1.165, 1.54) is 18.6 Å². The molecular formula is C13H20ClN3S. The summed E-state index contributed by atoms with van der Waals surface area (Å²) in [5.41, 5.74) is 0. The Balaban J connectivity index is 2.04. The van der Waals surface area contributed by atoms with Gasteiger partial charge in [0.1, 0.15) is 16.8 Å². The third kappa shape index (κ3) is 3.51. The Morgan fingerprint density at radius 2 is 2.28 bits per heavy atom. The monoisotopic (exact) mass is 285 g/mol. The Morgan fingerprint density at radius 3 is 2.89 bits per heavy atom. The molecule has 1 atom stereocenters. The van der Waals surface area contributed by atoms with Crippen LogP contribution in [0.2, 0.25) is 5.15 Å². The Hall–Kier alpha value is -0.480. The Kier molecular flexibility index (Phi) is 4.38. The molecule has 1 unspecified atom stereocenters. The average Bonchev–Trinajstić information content (AvgIpc) is 2.73. The van der Waals surface area contributed by atoms with E-state index < -0.39 is 0 Å². The fraction of sp³-hybridized carbons (Fsp3) is 0.692. The smallest absolute Gasteiger partial charge is 0.135 e. The SMILES string of the molecule is CC(C)c1nc(Cl)cc(NCC2(C)CCCS2)n1. The van der Waals surface area contributed by atoms with Gasteiger partial charge < -0.3 is 5.32 Å². The first-order valence-corrected chi connectivity index (χ1v) is 7.77. The van der Waals surface area contributed by atoms with Gasteiger partial charge in [0.25, 0.3) is 0 Å². The second-order valence-electron chi connectivity index (χ2n) is 5.34. The summed E-state index contributed by atoms with van der Waals surface area (Å²) >= 11 is 8.07. The molecule has 0 saturated carbocycles. The molecule has 0 radical (unpaired) electrons. The van der Waals surface area contributed by atoms with E-state index in [1.54, 1.807) is 6.07 Å². The van der Waals surface area contributed by atoms with Gasteiger partial charge in [0.2, 0.25) is 0 Å². The number of rotatable bonds is 4. The minimum absolute atomic E-state index is 0.292. The Morgan fingerprint density at radius 1 is 1.50 bits per heavy atom. The molecule has 1 aromatic rings. The van der Waals surface area contributed by atoms with Crippen LogP contribution >= 0.6 is 23.4 Å². The molecule has 1 N–H and O–H groups in total. The lowest BCUT2D eigenvalue weighted by Gasteiger charge is -2.23. The number of nitrogens with one attached hydrogen (secondary N) is 1. The maximum atomic E-state index is 6.03. The minimum atomic E-state index is 0.292. The predicted octanol–water partition coefficient (Wildman–Crippen LogP) is 3.95. The van der Waals surface area contributed by atoms with Gasteiger partial charge in [0.05, 0.1) is 0 Å². The van der Waals surface area contributed by atoms with Crippen LogP contribution in [0.3, 0.4) is 0 Å². The fourth-order valence-electron chi connectivity index (χ4n) is 2.04. The average molecular weight is 286 g/mol. The van der Waals surface area contributed by atoms with E-state index in [4.69, 9.17) is 11.6 Å². The van der Waals surface area contributed by atoms with Crippen molar-refractivity contribution in [2.75, 3.05) is 17.6 Å². The van der Waals surface area contributed by atoms with Crippen molar-refractivity contribution in [1.82, 2.24) is 9.97 Å². The summed E-state index contributed by atoms with van der Waals surface area (Å²) in [5.74, 6) is 3.20. The standard InChI is InChI=1S/C13H20ClN3S/c1-9(2)12-16-10(14)7-11(17-12)15-8-13(3)5-4-6-18-13/h7,9H,4-6,8H2,1-3H3,(H,15,16,17). The topological polar surface area (TPSA) is 37.8 Å². The first kappa shape index (κ1) is 13.9. The number of aromatic nitrogens is 2. The Labute approximate surface area is 118 Å². The van der Waals surface area contributed by atoms with Crippen molar-refractivity contribution in [2.45, 2.75) is 44.3 Å². The van der Waals surface area contributed by atoms with Crippen LogP contribution < -0.4 is 5.32 Å². The first-order chi connectivity index (χ1) is 8.48. The predicted molar refractivity (Wildman–Crippen MR) is 79.7 cm³/mol. The van der Waals surface area contributed by atoms with Gasteiger partial charge in [-0.1, -0.05) is 25.4 Å². The van der Waals surface area contributed by atoms with Crippen molar-refractivity contribution in [2.24, 2.45) is 0 Å². The van der Waals surface area contributed by atoms with Gasteiger partial charge in [-0.3, -0.25) is 0 Å². The van der Waals surface area contributed by atoms with Crippen LogP contribution in [0, 0.1) is 0 Å². The summed E-state index contributed by atoms with van der Waals surface area (Å²) in [5, 5.41) is 3.92. The third-order valence-electron chi connectivity index (χ3n) is 3.17. The van der Waals surface area contributed by atoms with Crippen molar-refractivity contribution >= 4 is 29.2 Å². The maximum Gasteiger partial charge on any atom is 0.135 e. The molecule has 2 rings (SSSR count). The van der Waals surface area contributed by atoms with Gasteiger partial charge in [0.15, 0.2) is 0 Å². The molecule has 0 amide bonds. The normalized spacial score (nSPS) is 23.6. The fourth-order valence-corrected chi connectivity index (χ4v) is 3.47. The van der Waals surface area contributed by atoms with Crippen molar-refractivity contribution in [3.05, 3.63) is 17.0 Å². The van der Waals surface area contributed by atoms with Crippen LogP contribution in [0.4, 0.5) is 5.82 Å². The summed E-state index contributed by atoms with van der Waals surface area (Å²) < 4.78 is 0.329. The van der Waals surface area contributed by atoms with E-state index in [2.05, 4.69) is 36.1 Å². The van der Waals surface area contributed by atoms with E-state index in [9.17, 15) is 0 Å². The number of anilines is 1. The van der Waals surface area contributed by atoms with Crippen molar-refractivity contribution in [1.29, 1.82) is 0 Å². The molecule has 18 heavy (non-hydrogen) atoms. The summed E-state index contributed by atoms with van der Waals surface area (Å²) in [6.07, 6.45) is 2.57. The molecule has 3 nitrogen and oxygen atoms in total. The van der Waals surface area contributed by atoms with Crippen LogP contribution in [0.25, 0.3) is 0 Å². The molecule has 1 saturated heterocycles. The molecular weight excluding hydrogens is 266 g/mol. The van der Waals surface area contributed by atoms with Crippen LogP contribution in [0.1, 0.15) is 45.4 Å². The van der Waals surface area contributed by atoms with E-state index in [1.807, 2.05) is 11.8 Å². The first-order valence-electron chi connectivity index (χ1n) is 6.41. The van der Waals surface area contributed by atoms with E-state index in [0.717, 1.165) is 18.2 Å². The molecule has 100 valence electrons. The van der Waals surface area contributed by atoms with E-state index >= 15 is 0 Å². The highest BCUT2D eigenvalue weighted by Crippen LogP contribution is 2.37. The van der Waals surface area contributed by atoms with Crippen molar-refractivity contribution in [3.63, 3.8) is 0 Å². The van der Waals surface area contributed by atoms with Gasteiger partial charge >= 0.3 is 0 Å². The third-order valence-corrected chi connectivity index (χ3v) is 4.90. The second kappa shape index (κ2) is 5.66. The largest absolute Gasteiger partial charge is 0.369 e. The maximum absolute atomic E-state index is 6.03. The van der Waals surface area contributed by atoms with Gasteiger partial charge in [-0.2, -0.15) is 11.8 Å². The number of hydrogen-bond donors (Lipinski definition) is 1. The van der Waals surface area contributed by atoms with Crippen LogP contribution in [0.5, 0.6) is 0 Å². The molecule has 5 heteroatoms. The van der Waals surface area contributed by atoms with Gasteiger partial charge in [-0.05, 0) is 25.5 Å². The zero-order valence-electron chi connectivity index (χ0n) is 11.2. The van der Waals surface area contributed by atoms with Crippen molar-refractivity contribution < 1.29 is 0 Å². The zero-order valence-corrected chi connectivity index (χ0v) is 12.7. The number of hydrogen-bond acceptors (Lipinski definition) is 4. The number of halogens is 1. The highest BCUT2D eigenvalue weighted by Gasteiger charge is 2.29. The lowest BCUT2D eigenvalue weighted by atomic mass is 10.1. The lowest BCUT2D eigenvalue weighted by Crippen LogP contribution is -2.27. The molecule has 0 aromatic carbocycles. The van der Waals surface area contributed by atoms with Gasteiger partial charge in [-0.15, -0.1) is 0 Å². The molecule has 0 bridgehead atoms. The second-order valence-corrected chi connectivity index (χ2v) is 7.41. The molecule has 1 fully saturated rings. The van der Waals surface area contributed by atoms with Gasteiger partial charge in [-0.25, -0.2) is 9.97 Å². The molecule has 0 spiro atoms. The molecule has 2 heterocycles. The quantitative estimate of drug-likeness (QED) is 0.850. The zero-order chi connectivity index (χ0) is 13.2. The molecule has 1 aliphatic heterocycles. The van der Waals surface area contributed by atoms with Gasteiger partial charge in [0, 0.05) is 23.3 Å². The van der Waals surface area contributed by atoms with Crippen LogP contribution in [0.15, 0.2) is 6.07 Å². The molecule has 1 aromatic heterocycles. The van der Waals surface area contributed by atoms with Crippen molar-refractivity contribution in [3.8, 4) is 0 Å².